The van der Waals surface area contributed by atoms with Gasteiger partial charge in [-0.15, -0.1) is 0 Å². The van der Waals surface area contributed by atoms with E-state index >= 15 is 0 Å². The van der Waals surface area contributed by atoms with Gasteiger partial charge >= 0.3 is 0 Å². The number of nitrogens with one attached hydrogen (secondary N) is 1. The van der Waals surface area contributed by atoms with Crippen LogP contribution in [0.4, 0.5) is 0 Å². The van der Waals surface area contributed by atoms with Crippen LogP contribution in [0, 0.1) is 0 Å². The highest BCUT2D eigenvalue weighted by molar-refractivity contribution is 9.10. The fourth-order valence-corrected chi connectivity index (χ4v) is 5.82. The number of methoxy groups -OCH3 is 2. The number of benzene rings is 2. The number of carbonyl (C=O) groups is 1. The zero-order valence-electron chi connectivity index (χ0n) is 17.0. The molecule has 30 heavy (non-hydrogen) atoms. The molecule has 1 fully saturated rings. The Morgan fingerprint density at radius 3 is 2.47 bits per heavy atom. The molecule has 0 aliphatic carbocycles. The number of ether oxygens (including phenoxy) is 2. The summed E-state index contributed by atoms with van der Waals surface area (Å²) in [6.45, 7) is 1.12. The third-order valence-electron chi connectivity index (χ3n) is 5.05. The molecule has 0 spiro atoms. The van der Waals surface area contributed by atoms with E-state index in [0.29, 0.717) is 40.2 Å². The van der Waals surface area contributed by atoms with E-state index in [0.717, 1.165) is 19.3 Å². The molecule has 1 aliphatic rings. The summed E-state index contributed by atoms with van der Waals surface area (Å²) >= 11 is 3.38. The molecule has 2 aromatic rings. The minimum absolute atomic E-state index is 0.0695. The van der Waals surface area contributed by atoms with E-state index in [2.05, 4.69) is 21.2 Å². The third-order valence-corrected chi connectivity index (χ3v) is 7.63. The van der Waals surface area contributed by atoms with Gasteiger partial charge in [-0.25, -0.2) is 8.42 Å². The van der Waals surface area contributed by atoms with Crippen LogP contribution in [0.3, 0.4) is 0 Å². The number of sulfonamides is 1. The molecule has 3 rings (SSSR count). The van der Waals surface area contributed by atoms with Crippen molar-refractivity contribution in [2.75, 3.05) is 27.3 Å². The van der Waals surface area contributed by atoms with Crippen LogP contribution >= 0.6 is 15.9 Å². The zero-order chi connectivity index (χ0) is 21.7. The maximum Gasteiger partial charge on any atom is 0.255 e. The van der Waals surface area contributed by atoms with Gasteiger partial charge in [0.2, 0.25) is 10.0 Å². The lowest BCUT2D eigenvalue weighted by Gasteiger charge is -2.26. The third kappa shape index (κ3) is 4.79. The standard InChI is InChI=1S/C21H25BrN2O5S/c1-28-16-12-17(20(29-2)18(22)13-16)21(25)23-14-15-8-4-5-9-19(15)30(26,27)24-10-6-3-7-11-24/h4-5,8-9,12-13H,3,6-7,10-11,14H2,1-2H3,(H,23,25). The number of piperidine rings is 1. The molecular weight excluding hydrogens is 472 g/mol. The van der Waals surface area contributed by atoms with Crippen LogP contribution in [0.1, 0.15) is 35.2 Å². The topological polar surface area (TPSA) is 84.9 Å². The van der Waals surface area contributed by atoms with Gasteiger partial charge in [0.05, 0.1) is 29.2 Å². The first-order valence-corrected chi connectivity index (χ1v) is 11.9. The first-order chi connectivity index (χ1) is 14.4. The molecule has 1 heterocycles. The van der Waals surface area contributed by atoms with Crippen molar-refractivity contribution in [2.45, 2.75) is 30.7 Å². The van der Waals surface area contributed by atoms with Crippen molar-refractivity contribution in [3.8, 4) is 11.5 Å². The number of rotatable bonds is 7. The highest BCUT2D eigenvalue weighted by Gasteiger charge is 2.28. The van der Waals surface area contributed by atoms with Crippen LogP contribution in [0.25, 0.3) is 0 Å². The number of amides is 1. The largest absolute Gasteiger partial charge is 0.497 e. The van der Waals surface area contributed by atoms with Crippen molar-refractivity contribution >= 4 is 31.9 Å². The molecule has 7 nitrogen and oxygen atoms in total. The predicted octanol–water partition coefficient (Wildman–Crippen LogP) is 3.57. The molecule has 0 unspecified atom stereocenters. The Bertz CT molecular complexity index is 1020. The number of halogens is 1. The van der Waals surface area contributed by atoms with Crippen molar-refractivity contribution in [3.63, 3.8) is 0 Å². The van der Waals surface area contributed by atoms with Gasteiger partial charge < -0.3 is 14.8 Å². The summed E-state index contributed by atoms with van der Waals surface area (Å²) in [4.78, 5) is 13.1. The Balaban J connectivity index is 1.84. The molecule has 9 heteroatoms. The normalized spacial score (nSPS) is 14.9. The number of hydrogen-bond acceptors (Lipinski definition) is 5. The monoisotopic (exact) mass is 496 g/mol. The maximum atomic E-state index is 13.1. The molecule has 0 saturated carbocycles. The first-order valence-electron chi connectivity index (χ1n) is 9.66. The molecule has 0 bridgehead atoms. The van der Waals surface area contributed by atoms with Gasteiger partial charge in [-0.2, -0.15) is 4.31 Å². The average molecular weight is 497 g/mol. The van der Waals surface area contributed by atoms with Crippen molar-refractivity contribution in [1.29, 1.82) is 0 Å². The molecule has 0 aromatic heterocycles. The number of hydrogen-bond donors (Lipinski definition) is 1. The molecule has 162 valence electrons. The van der Waals surface area contributed by atoms with E-state index in [1.165, 1.54) is 18.5 Å². The highest BCUT2D eigenvalue weighted by atomic mass is 79.9. The minimum atomic E-state index is -3.61. The summed E-state index contributed by atoms with van der Waals surface area (Å²) in [7, 11) is -0.618. The minimum Gasteiger partial charge on any atom is -0.497 e. The van der Waals surface area contributed by atoms with Gasteiger partial charge in [-0.1, -0.05) is 24.6 Å². The Kier molecular flexibility index (Phi) is 7.38. The summed E-state index contributed by atoms with van der Waals surface area (Å²) in [6.07, 6.45) is 2.77. The maximum absolute atomic E-state index is 13.1. The lowest BCUT2D eigenvalue weighted by atomic mass is 10.1. The second-order valence-electron chi connectivity index (χ2n) is 6.95. The molecule has 0 atom stereocenters. The Morgan fingerprint density at radius 1 is 1.10 bits per heavy atom. The molecule has 2 aromatic carbocycles. The van der Waals surface area contributed by atoms with Gasteiger partial charge in [-0.3, -0.25) is 4.79 Å². The van der Waals surface area contributed by atoms with Gasteiger partial charge in [0.15, 0.2) is 0 Å². The van der Waals surface area contributed by atoms with Crippen LogP contribution in [0.5, 0.6) is 11.5 Å². The molecule has 1 N–H and O–H groups in total. The van der Waals surface area contributed by atoms with E-state index in [1.807, 2.05) is 0 Å². The van der Waals surface area contributed by atoms with Crippen LogP contribution in [0.2, 0.25) is 0 Å². The fourth-order valence-electron chi connectivity index (χ4n) is 3.48. The quantitative estimate of drug-likeness (QED) is 0.633. The van der Waals surface area contributed by atoms with Gasteiger partial charge in [0, 0.05) is 19.6 Å². The second kappa shape index (κ2) is 9.80. The zero-order valence-corrected chi connectivity index (χ0v) is 19.4. The van der Waals surface area contributed by atoms with E-state index in [4.69, 9.17) is 9.47 Å². The van der Waals surface area contributed by atoms with Gasteiger partial charge in [0.1, 0.15) is 11.5 Å². The SMILES string of the molecule is COc1cc(Br)c(OC)c(C(=O)NCc2ccccc2S(=O)(=O)N2CCCCC2)c1. The summed E-state index contributed by atoms with van der Waals surface area (Å²) in [5.74, 6) is 0.486. The van der Waals surface area contributed by atoms with E-state index in [-0.39, 0.29) is 11.4 Å². The highest BCUT2D eigenvalue weighted by Crippen LogP contribution is 2.33. The van der Waals surface area contributed by atoms with Gasteiger partial charge in [-0.05, 0) is 52.5 Å². The van der Waals surface area contributed by atoms with Crippen LogP contribution in [-0.2, 0) is 16.6 Å². The predicted molar refractivity (Wildman–Crippen MR) is 117 cm³/mol. The number of carbonyl (C=O) groups excluding carboxylic acids is 1. The van der Waals surface area contributed by atoms with E-state index in [9.17, 15) is 13.2 Å². The fraction of sp³-hybridized carbons (Fsp3) is 0.381. The second-order valence-corrected chi connectivity index (χ2v) is 9.71. The summed E-state index contributed by atoms with van der Waals surface area (Å²) in [5.41, 5.74) is 0.831. The molecule has 1 saturated heterocycles. The van der Waals surface area contributed by atoms with E-state index in [1.54, 1.807) is 36.4 Å². The van der Waals surface area contributed by atoms with Gasteiger partial charge in [0.25, 0.3) is 5.91 Å². The average Bonchev–Trinajstić information content (AvgIpc) is 2.77. The van der Waals surface area contributed by atoms with Crippen molar-refractivity contribution in [1.82, 2.24) is 9.62 Å². The van der Waals surface area contributed by atoms with Crippen molar-refractivity contribution in [3.05, 3.63) is 52.0 Å². The number of nitrogens with zero attached hydrogens (tertiary/aromatic N) is 1. The summed E-state index contributed by atoms with van der Waals surface area (Å²) in [6, 6.07) is 10.1. The van der Waals surface area contributed by atoms with E-state index < -0.39 is 15.9 Å². The molecule has 0 radical (unpaired) electrons. The lowest BCUT2D eigenvalue weighted by Crippen LogP contribution is -2.36. The van der Waals surface area contributed by atoms with Crippen LogP contribution < -0.4 is 14.8 Å². The molecule has 1 amide bonds. The van der Waals surface area contributed by atoms with Crippen LogP contribution in [-0.4, -0.2) is 45.9 Å². The summed E-state index contributed by atoms with van der Waals surface area (Å²) < 4.78 is 38.9. The van der Waals surface area contributed by atoms with Crippen LogP contribution in [0.15, 0.2) is 45.8 Å². The Labute approximate surface area is 185 Å². The summed E-state index contributed by atoms with van der Waals surface area (Å²) in [5, 5.41) is 2.81. The Morgan fingerprint density at radius 2 is 1.80 bits per heavy atom. The van der Waals surface area contributed by atoms with Crippen molar-refractivity contribution < 1.29 is 22.7 Å². The smallest absolute Gasteiger partial charge is 0.255 e. The lowest BCUT2D eigenvalue weighted by molar-refractivity contribution is 0.0947. The molecular formula is C21H25BrN2O5S. The Hall–Kier alpha value is -2.10. The van der Waals surface area contributed by atoms with Crippen molar-refractivity contribution in [2.24, 2.45) is 0 Å². The molecule has 1 aliphatic heterocycles. The first kappa shape index (κ1) is 22.6.